The van der Waals surface area contributed by atoms with Gasteiger partial charge in [-0.3, -0.25) is 9.59 Å². The third kappa shape index (κ3) is 4.69. The first-order valence-electron chi connectivity index (χ1n) is 11.5. The van der Waals surface area contributed by atoms with Crippen LogP contribution in [0, 0.1) is 32.6 Å². The van der Waals surface area contributed by atoms with E-state index in [9.17, 15) is 9.59 Å². The van der Waals surface area contributed by atoms with E-state index < -0.39 is 0 Å². The van der Waals surface area contributed by atoms with Crippen LogP contribution in [0.15, 0.2) is 18.2 Å². The van der Waals surface area contributed by atoms with Gasteiger partial charge in [-0.2, -0.15) is 0 Å². The Morgan fingerprint density at radius 3 is 2.26 bits per heavy atom. The van der Waals surface area contributed by atoms with Crippen LogP contribution in [-0.4, -0.2) is 52.8 Å². The summed E-state index contributed by atoms with van der Waals surface area (Å²) in [4.78, 5) is 35.5. The Kier molecular flexibility index (Phi) is 6.47. The molecule has 2 aliphatic heterocycles. The molecule has 2 saturated heterocycles. The quantitative estimate of drug-likeness (QED) is 0.687. The molecule has 2 fully saturated rings. The largest absolute Gasteiger partial charge is 0.342 e. The van der Waals surface area contributed by atoms with Gasteiger partial charge in [0.15, 0.2) is 0 Å². The molecule has 0 bridgehead atoms. The lowest BCUT2D eigenvalue weighted by atomic mass is 9.92. The second-order valence-corrected chi connectivity index (χ2v) is 10.3. The van der Waals surface area contributed by atoms with Gasteiger partial charge in [0, 0.05) is 37.7 Å². The van der Waals surface area contributed by atoms with Crippen LogP contribution >= 0.6 is 11.3 Å². The van der Waals surface area contributed by atoms with Gasteiger partial charge in [-0.25, -0.2) is 4.98 Å². The normalized spacial score (nSPS) is 18.5. The van der Waals surface area contributed by atoms with Crippen molar-refractivity contribution in [3.63, 3.8) is 0 Å². The zero-order valence-corrected chi connectivity index (χ0v) is 19.9. The van der Waals surface area contributed by atoms with Crippen LogP contribution in [0.4, 0.5) is 0 Å². The molecule has 1 aromatic heterocycles. The van der Waals surface area contributed by atoms with Gasteiger partial charge in [0.25, 0.3) is 5.91 Å². The van der Waals surface area contributed by atoms with Gasteiger partial charge < -0.3 is 9.80 Å². The third-order valence-electron chi connectivity index (χ3n) is 6.83. The van der Waals surface area contributed by atoms with Crippen molar-refractivity contribution in [1.82, 2.24) is 14.8 Å². The molecule has 1 aromatic carbocycles. The topological polar surface area (TPSA) is 53.5 Å². The average molecular weight is 440 g/mol. The molecule has 4 rings (SSSR count). The van der Waals surface area contributed by atoms with E-state index in [1.165, 1.54) is 22.5 Å². The maximum absolute atomic E-state index is 13.2. The van der Waals surface area contributed by atoms with Crippen molar-refractivity contribution in [1.29, 1.82) is 0 Å². The highest BCUT2D eigenvalue weighted by molar-refractivity contribution is 7.17. The molecule has 31 heavy (non-hydrogen) atoms. The van der Waals surface area contributed by atoms with Gasteiger partial charge in [0.1, 0.15) is 9.88 Å². The summed E-state index contributed by atoms with van der Waals surface area (Å²) in [5, 5.41) is 0.905. The van der Waals surface area contributed by atoms with E-state index in [1.54, 1.807) is 0 Å². The summed E-state index contributed by atoms with van der Waals surface area (Å²) in [6, 6.07) is 6.33. The van der Waals surface area contributed by atoms with E-state index in [1.807, 2.05) is 16.7 Å². The van der Waals surface area contributed by atoms with Gasteiger partial charge in [0.05, 0.1) is 5.69 Å². The van der Waals surface area contributed by atoms with Crippen molar-refractivity contribution in [2.75, 3.05) is 26.2 Å². The molecule has 5 nitrogen and oxygen atoms in total. The number of piperidine rings is 2. The predicted molar refractivity (Wildman–Crippen MR) is 125 cm³/mol. The molecular formula is C25H33N3O2S. The molecular weight excluding hydrogens is 406 g/mol. The molecule has 2 aliphatic rings. The summed E-state index contributed by atoms with van der Waals surface area (Å²) in [5.41, 5.74) is 4.30. The van der Waals surface area contributed by atoms with E-state index in [4.69, 9.17) is 4.98 Å². The minimum absolute atomic E-state index is 0.0590. The second-order valence-electron chi connectivity index (χ2n) is 9.33. The number of amides is 2. The standard InChI is InChI=1S/C25H33N3O2S/c1-16-7-11-27(12-8-16)24(29)20-9-13-28(14-10-20)25(30)22-19(4)26-23(31-22)21-6-5-17(2)15-18(21)3/h5-6,15-16,20H,7-14H2,1-4H3. The summed E-state index contributed by atoms with van der Waals surface area (Å²) in [5.74, 6) is 1.14. The van der Waals surface area contributed by atoms with Crippen molar-refractivity contribution in [3.05, 3.63) is 39.9 Å². The van der Waals surface area contributed by atoms with Crippen LogP contribution in [0.3, 0.4) is 0 Å². The molecule has 3 heterocycles. The molecule has 0 spiro atoms. The third-order valence-corrected chi connectivity index (χ3v) is 8.01. The van der Waals surface area contributed by atoms with Gasteiger partial charge in [-0.1, -0.05) is 30.7 Å². The van der Waals surface area contributed by atoms with Crippen LogP contribution < -0.4 is 0 Å². The molecule has 0 saturated carbocycles. The molecule has 2 amide bonds. The van der Waals surface area contributed by atoms with Crippen molar-refractivity contribution in [2.45, 2.75) is 53.4 Å². The van der Waals surface area contributed by atoms with Crippen molar-refractivity contribution < 1.29 is 9.59 Å². The van der Waals surface area contributed by atoms with Crippen LogP contribution in [0.5, 0.6) is 0 Å². The highest BCUT2D eigenvalue weighted by Crippen LogP contribution is 2.32. The summed E-state index contributed by atoms with van der Waals surface area (Å²) < 4.78 is 0. The number of carbonyl (C=O) groups is 2. The van der Waals surface area contributed by atoms with E-state index >= 15 is 0 Å². The number of carbonyl (C=O) groups excluding carboxylic acids is 2. The fraction of sp³-hybridized carbons (Fsp3) is 0.560. The highest BCUT2D eigenvalue weighted by Gasteiger charge is 2.32. The first-order chi connectivity index (χ1) is 14.8. The zero-order chi connectivity index (χ0) is 22.1. The first kappa shape index (κ1) is 22.0. The van der Waals surface area contributed by atoms with Gasteiger partial charge in [-0.05, 0) is 57.9 Å². The maximum atomic E-state index is 13.2. The summed E-state index contributed by atoms with van der Waals surface area (Å²) >= 11 is 1.49. The van der Waals surface area contributed by atoms with E-state index in [-0.39, 0.29) is 11.8 Å². The lowest BCUT2D eigenvalue weighted by molar-refractivity contribution is -0.138. The zero-order valence-electron chi connectivity index (χ0n) is 19.1. The van der Waals surface area contributed by atoms with Gasteiger partial charge in [0.2, 0.25) is 5.91 Å². The Morgan fingerprint density at radius 2 is 1.61 bits per heavy atom. The lowest BCUT2D eigenvalue weighted by Gasteiger charge is -2.36. The number of rotatable bonds is 3. The Balaban J connectivity index is 1.40. The summed E-state index contributed by atoms with van der Waals surface area (Å²) in [6.07, 6.45) is 3.74. The van der Waals surface area contributed by atoms with Crippen LogP contribution in [0.25, 0.3) is 10.6 Å². The van der Waals surface area contributed by atoms with Gasteiger partial charge >= 0.3 is 0 Å². The number of aromatic nitrogens is 1. The predicted octanol–water partition coefficient (Wildman–Crippen LogP) is 4.85. The van der Waals surface area contributed by atoms with Crippen LogP contribution in [0.2, 0.25) is 0 Å². The summed E-state index contributed by atoms with van der Waals surface area (Å²) in [7, 11) is 0. The maximum Gasteiger partial charge on any atom is 0.265 e. The first-order valence-corrected chi connectivity index (χ1v) is 12.3. The number of aryl methyl sites for hydroxylation is 3. The Labute approximate surface area is 189 Å². The second kappa shape index (κ2) is 9.11. The Hall–Kier alpha value is -2.21. The molecule has 6 heteroatoms. The fourth-order valence-corrected chi connectivity index (χ4v) is 5.85. The Bertz CT molecular complexity index is 967. The van der Waals surface area contributed by atoms with Crippen molar-refractivity contribution in [3.8, 4) is 10.6 Å². The van der Waals surface area contributed by atoms with Crippen molar-refractivity contribution in [2.24, 2.45) is 11.8 Å². The number of likely N-dealkylation sites (tertiary alicyclic amines) is 2. The molecule has 166 valence electrons. The summed E-state index contributed by atoms with van der Waals surface area (Å²) in [6.45, 7) is 11.4. The number of hydrogen-bond acceptors (Lipinski definition) is 4. The Morgan fingerprint density at radius 1 is 0.968 bits per heavy atom. The van der Waals surface area contributed by atoms with Crippen molar-refractivity contribution >= 4 is 23.2 Å². The molecule has 0 aliphatic carbocycles. The monoisotopic (exact) mass is 439 g/mol. The number of nitrogens with zero attached hydrogens (tertiary/aromatic N) is 3. The van der Waals surface area contributed by atoms with Crippen LogP contribution in [0.1, 0.15) is 59.1 Å². The number of hydrogen-bond donors (Lipinski definition) is 0. The fourth-order valence-electron chi connectivity index (χ4n) is 4.72. The lowest BCUT2D eigenvalue weighted by Crippen LogP contribution is -2.46. The minimum Gasteiger partial charge on any atom is -0.342 e. The number of thiazole rings is 1. The van der Waals surface area contributed by atoms with Gasteiger partial charge in [-0.15, -0.1) is 11.3 Å². The van der Waals surface area contributed by atoms with E-state index in [0.717, 1.165) is 65.8 Å². The SMILES string of the molecule is Cc1ccc(-c2nc(C)c(C(=O)N3CCC(C(=O)N4CCC(C)CC4)CC3)s2)c(C)c1. The molecule has 0 N–H and O–H groups in total. The average Bonchev–Trinajstić information content (AvgIpc) is 3.14. The van der Waals surface area contributed by atoms with E-state index in [0.29, 0.717) is 19.0 Å². The van der Waals surface area contributed by atoms with E-state index in [2.05, 4.69) is 39.0 Å². The highest BCUT2D eigenvalue weighted by atomic mass is 32.1. The minimum atomic E-state index is 0.0590. The van der Waals surface area contributed by atoms with Crippen LogP contribution in [-0.2, 0) is 4.79 Å². The molecule has 0 unspecified atom stereocenters. The molecule has 0 radical (unpaired) electrons. The molecule has 2 aromatic rings. The number of benzene rings is 1. The molecule has 0 atom stereocenters. The smallest absolute Gasteiger partial charge is 0.265 e.